The minimum atomic E-state index is -0.849. The summed E-state index contributed by atoms with van der Waals surface area (Å²) in [6.45, 7) is 3.64. The number of benzene rings is 3. The molecular formula is C28H23Br2N3O6. The third kappa shape index (κ3) is 6.21. The van der Waals surface area contributed by atoms with Gasteiger partial charge in [0.2, 0.25) is 0 Å². The lowest BCUT2D eigenvalue weighted by atomic mass is 10.1. The van der Waals surface area contributed by atoms with Crippen molar-refractivity contribution < 1.29 is 28.7 Å². The first-order valence-corrected chi connectivity index (χ1v) is 13.2. The van der Waals surface area contributed by atoms with Crippen LogP contribution in [-0.2, 0) is 14.4 Å². The van der Waals surface area contributed by atoms with Crippen molar-refractivity contribution in [3.8, 4) is 11.5 Å². The van der Waals surface area contributed by atoms with Crippen LogP contribution in [0.2, 0.25) is 0 Å². The minimum absolute atomic E-state index is 0.231. The molecule has 5 amide bonds. The van der Waals surface area contributed by atoms with Crippen molar-refractivity contribution in [2.45, 2.75) is 13.8 Å². The van der Waals surface area contributed by atoms with Crippen molar-refractivity contribution in [2.75, 3.05) is 23.9 Å². The molecule has 0 aromatic heterocycles. The monoisotopic (exact) mass is 655 g/mol. The van der Waals surface area contributed by atoms with Crippen LogP contribution < -0.4 is 25.0 Å². The number of nitrogens with one attached hydrogen (secondary N) is 2. The number of anilines is 2. The van der Waals surface area contributed by atoms with Crippen molar-refractivity contribution in [2.24, 2.45) is 0 Å². The van der Waals surface area contributed by atoms with E-state index in [0.29, 0.717) is 31.7 Å². The Hall–Kier alpha value is -3.96. The lowest BCUT2D eigenvalue weighted by Crippen LogP contribution is -2.54. The topological polar surface area (TPSA) is 114 Å². The average Bonchev–Trinajstić information content (AvgIpc) is 2.89. The van der Waals surface area contributed by atoms with Crippen LogP contribution in [0, 0.1) is 13.8 Å². The molecule has 0 unspecified atom stereocenters. The Morgan fingerprint density at radius 1 is 1.03 bits per heavy atom. The molecule has 4 rings (SSSR count). The molecule has 3 aromatic rings. The molecular weight excluding hydrogens is 634 g/mol. The fourth-order valence-corrected chi connectivity index (χ4v) is 5.25. The molecule has 0 radical (unpaired) electrons. The number of aryl methyl sites for hydroxylation is 1. The van der Waals surface area contributed by atoms with E-state index in [1.807, 2.05) is 32.0 Å². The van der Waals surface area contributed by atoms with Crippen molar-refractivity contribution >= 4 is 73.1 Å². The number of ether oxygens (including phenoxy) is 2. The number of urea groups is 1. The molecule has 9 nitrogen and oxygen atoms in total. The van der Waals surface area contributed by atoms with Gasteiger partial charge in [-0.1, -0.05) is 12.1 Å². The lowest BCUT2D eigenvalue weighted by molar-refractivity contribution is -0.122. The predicted molar refractivity (Wildman–Crippen MR) is 154 cm³/mol. The van der Waals surface area contributed by atoms with E-state index in [1.54, 1.807) is 36.4 Å². The summed E-state index contributed by atoms with van der Waals surface area (Å²) in [6, 6.07) is 14.3. The predicted octanol–water partition coefficient (Wildman–Crippen LogP) is 5.52. The fraction of sp³-hybridized carbons (Fsp3) is 0.143. The number of amides is 5. The number of hydrogen-bond acceptors (Lipinski definition) is 6. The molecule has 0 atom stereocenters. The SMILES string of the molecule is COc1ccc(N2C(=O)NC(=O)/C(=C\c3cc(Br)c(OCC(=O)Nc4cccc(C)c4C)c(Br)c3)C2=O)cc1. The van der Waals surface area contributed by atoms with Gasteiger partial charge in [-0.05, 0) is 111 Å². The van der Waals surface area contributed by atoms with Crippen LogP contribution in [-0.4, -0.2) is 37.5 Å². The maximum Gasteiger partial charge on any atom is 0.335 e. The Morgan fingerprint density at radius 2 is 1.69 bits per heavy atom. The molecule has 1 aliphatic rings. The van der Waals surface area contributed by atoms with E-state index >= 15 is 0 Å². The quantitative estimate of drug-likeness (QED) is 0.256. The van der Waals surface area contributed by atoms with Gasteiger partial charge in [-0.15, -0.1) is 0 Å². The Morgan fingerprint density at radius 3 is 2.33 bits per heavy atom. The van der Waals surface area contributed by atoms with E-state index in [-0.39, 0.29) is 23.8 Å². The molecule has 0 bridgehead atoms. The second-order valence-electron chi connectivity index (χ2n) is 8.55. The number of nitrogens with zero attached hydrogens (tertiary/aromatic N) is 1. The summed E-state index contributed by atoms with van der Waals surface area (Å²) in [5, 5.41) is 5.03. The molecule has 1 heterocycles. The number of methoxy groups -OCH3 is 1. The van der Waals surface area contributed by atoms with Gasteiger partial charge in [0.15, 0.2) is 6.61 Å². The highest BCUT2D eigenvalue weighted by molar-refractivity contribution is 9.11. The van der Waals surface area contributed by atoms with Gasteiger partial charge in [0.05, 0.1) is 21.7 Å². The molecule has 1 fully saturated rings. The van der Waals surface area contributed by atoms with E-state index < -0.39 is 17.8 Å². The Balaban J connectivity index is 1.52. The van der Waals surface area contributed by atoms with Crippen LogP contribution >= 0.6 is 31.9 Å². The summed E-state index contributed by atoms with van der Waals surface area (Å²) in [5.41, 5.74) is 3.27. The number of rotatable bonds is 7. The summed E-state index contributed by atoms with van der Waals surface area (Å²) >= 11 is 6.85. The molecule has 1 aliphatic heterocycles. The van der Waals surface area contributed by atoms with Gasteiger partial charge in [-0.3, -0.25) is 19.7 Å². The van der Waals surface area contributed by atoms with Gasteiger partial charge in [0.1, 0.15) is 17.1 Å². The summed E-state index contributed by atoms with van der Waals surface area (Å²) in [5.74, 6) is -1.01. The van der Waals surface area contributed by atoms with Crippen molar-refractivity contribution in [3.63, 3.8) is 0 Å². The van der Waals surface area contributed by atoms with E-state index in [0.717, 1.165) is 16.0 Å². The van der Waals surface area contributed by atoms with Crippen LogP contribution in [0.3, 0.4) is 0 Å². The molecule has 2 N–H and O–H groups in total. The van der Waals surface area contributed by atoms with Crippen LogP contribution in [0.5, 0.6) is 11.5 Å². The Bertz CT molecular complexity index is 1500. The fourth-order valence-electron chi connectivity index (χ4n) is 3.80. The molecule has 200 valence electrons. The zero-order chi connectivity index (χ0) is 28.3. The first-order valence-electron chi connectivity index (χ1n) is 11.6. The highest BCUT2D eigenvalue weighted by atomic mass is 79.9. The first kappa shape index (κ1) is 28.1. The number of carbonyl (C=O) groups excluding carboxylic acids is 4. The third-order valence-corrected chi connectivity index (χ3v) is 7.17. The van der Waals surface area contributed by atoms with E-state index in [2.05, 4.69) is 42.5 Å². The first-order chi connectivity index (χ1) is 18.6. The van der Waals surface area contributed by atoms with Crippen molar-refractivity contribution in [1.29, 1.82) is 0 Å². The zero-order valence-corrected chi connectivity index (χ0v) is 24.3. The van der Waals surface area contributed by atoms with E-state index in [1.165, 1.54) is 13.2 Å². The van der Waals surface area contributed by atoms with Gasteiger partial charge in [0.25, 0.3) is 17.7 Å². The number of halogens is 2. The smallest absolute Gasteiger partial charge is 0.335 e. The van der Waals surface area contributed by atoms with E-state index in [9.17, 15) is 19.2 Å². The van der Waals surface area contributed by atoms with Gasteiger partial charge < -0.3 is 14.8 Å². The number of imide groups is 2. The Labute approximate surface area is 241 Å². The summed E-state index contributed by atoms with van der Waals surface area (Å²) in [6.07, 6.45) is 1.37. The van der Waals surface area contributed by atoms with Gasteiger partial charge >= 0.3 is 6.03 Å². The molecule has 0 aliphatic carbocycles. The Kier molecular flexibility index (Phi) is 8.51. The summed E-state index contributed by atoms with van der Waals surface area (Å²) < 4.78 is 11.8. The van der Waals surface area contributed by atoms with E-state index in [4.69, 9.17) is 9.47 Å². The zero-order valence-electron chi connectivity index (χ0n) is 21.1. The van der Waals surface area contributed by atoms with Crippen LogP contribution in [0.15, 0.2) is 69.1 Å². The molecule has 0 saturated carbocycles. The number of barbiturate groups is 1. The molecule has 3 aromatic carbocycles. The standard InChI is InChI=1S/C28H23Br2N3O6/c1-15-5-4-6-23(16(15)2)31-24(34)14-39-25-21(29)12-17(13-22(25)30)11-20-26(35)32-28(37)33(27(20)36)18-7-9-19(38-3)10-8-18/h4-13H,14H2,1-3H3,(H,31,34)(H,32,35,37)/b20-11+. The normalized spacial score (nSPS) is 14.3. The summed E-state index contributed by atoms with van der Waals surface area (Å²) in [7, 11) is 1.50. The van der Waals surface area contributed by atoms with Crippen LogP contribution in [0.4, 0.5) is 16.2 Å². The highest BCUT2D eigenvalue weighted by Gasteiger charge is 2.36. The van der Waals surface area contributed by atoms with Crippen LogP contribution in [0.25, 0.3) is 6.08 Å². The third-order valence-electron chi connectivity index (χ3n) is 5.99. The second-order valence-corrected chi connectivity index (χ2v) is 10.3. The van der Waals surface area contributed by atoms with Gasteiger partial charge in [-0.2, -0.15) is 0 Å². The maximum atomic E-state index is 13.2. The minimum Gasteiger partial charge on any atom is -0.497 e. The largest absolute Gasteiger partial charge is 0.497 e. The number of hydrogen-bond donors (Lipinski definition) is 2. The second kappa shape index (κ2) is 11.8. The number of carbonyl (C=O) groups is 4. The van der Waals surface area contributed by atoms with Gasteiger partial charge in [-0.25, -0.2) is 9.69 Å². The molecule has 0 spiro atoms. The molecule has 39 heavy (non-hydrogen) atoms. The van der Waals surface area contributed by atoms with Crippen molar-refractivity contribution in [1.82, 2.24) is 5.32 Å². The average molecular weight is 657 g/mol. The van der Waals surface area contributed by atoms with Crippen LogP contribution in [0.1, 0.15) is 16.7 Å². The highest BCUT2D eigenvalue weighted by Crippen LogP contribution is 2.36. The summed E-state index contributed by atoms with van der Waals surface area (Å²) in [4.78, 5) is 51.5. The maximum absolute atomic E-state index is 13.2. The van der Waals surface area contributed by atoms with Crippen molar-refractivity contribution in [3.05, 3.63) is 85.8 Å². The van der Waals surface area contributed by atoms with Gasteiger partial charge in [0, 0.05) is 5.69 Å². The molecule has 1 saturated heterocycles. The molecule has 11 heteroatoms. The lowest BCUT2D eigenvalue weighted by Gasteiger charge is -2.26.